The van der Waals surface area contributed by atoms with Crippen LogP contribution in [0.3, 0.4) is 0 Å². The molecule has 2 N–H and O–H groups in total. The van der Waals surface area contributed by atoms with Gasteiger partial charge < -0.3 is 9.88 Å². The molecule has 29 heavy (non-hydrogen) atoms. The summed E-state index contributed by atoms with van der Waals surface area (Å²) in [6, 6.07) is 17.0. The first-order valence-electron chi connectivity index (χ1n) is 8.70. The van der Waals surface area contributed by atoms with Crippen molar-refractivity contribution in [1.29, 1.82) is 0 Å². The number of benzene rings is 2. The third-order valence-electron chi connectivity index (χ3n) is 4.40. The topological polar surface area (TPSA) is 106 Å². The van der Waals surface area contributed by atoms with Crippen molar-refractivity contribution in [2.45, 2.75) is 4.90 Å². The van der Waals surface area contributed by atoms with Crippen LogP contribution in [0.4, 0.5) is 11.6 Å². The number of aromatic nitrogens is 3. The molecule has 0 radical (unpaired) electrons. The molecule has 0 saturated heterocycles. The number of sulfonamides is 1. The first-order chi connectivity index (χ1) is 13.9. The Morgan fingerprint density at radius 3 is 2.34 bits per heavy atom. The summed E-state index contributed by atoms with van der Waals surface area (Å²) in [6.07, 6.45) is 2.88. The molecule has 0 fully saturated rings. The lowest BCUT2D eigenvalue weighted by atomic mass is 10.2. The fraction of sp³-hybridized carbons (Fsp3) is 0.0500. The summed E-state index contributed by atoms with van der Waals surface area (Å²) in [4.78, 5) is 20.4. The predicted molar refractivity (Wildman–Crippen MR) is 110 cm³/mol. The summed E-state index contributed by atoms with van der Waals surface area (Å²) in [5.74, 6) is -0.296. The van der Waals surface area contributed by atoms with E-state index in [1.165, 1.54) is 36.7 Å². The van der Waals surface area contributed by atoms with E-state index in [-0.39, 0.29) is 16.8 Å². The molecule has 4 aromatic rings. The summed E-state index contributed by atoms with van der Waals surface area (Å²) in [6.45, 7) is 0. The second-order valence-corrected chi connectivity index (χ2v) is 7.99. The van der Waals surface area contributed by atoms with Crippen LogP contribution in [-0.4, -0.2) is 28.9 Å². The highest BCUT2D eigenvalue weighted by atomic mass is 32.2. The lowest BCUT2D eigenvalue weighted by Gasteiger charge is -2.09. The molecular weight excluding hydrogens is 390 g/mol. The third kappa shape index (κ3) is 3.81. The third-order valence-corrected chi connectivity index (χ3v) is 5.74. The number of fused-ring (bicyclic) bond motifs is 1. The van der Waals surface area contributed by atoms with E-state index in [1.807, 2.05) is 41.9 Å². The molecule has 8 nitrogen and oxygen atoms in total. The highest BCUT2D eigenvalue weighted by Gasteiger charge is 2.17. The number of nitrogens with one attached hydrogen (secondary N) is 2. The Morgan fingerprint density at radius 1 is 0.966 bits per heavy atom. The second-order valence-electron chi connectivity index (χ2n) is 6.30. The van der Waals surface area contributed by atoms with Crippen LogP contribution < -0.4 is 10.0 Å². The number of para-hydroxylation sites is 1. The Hall–Kier alpha value is -3.72. The largest absolute Gasteiger partial charge is 0.340 e. The SMILES string of the molecule is Cn1c(C(=O)Nc2ccc(S(=O)(=O)Nc3ncccn3)cc2)cc2ccccc21. The van der Waals surface area contributed by atoms with Crippen LogP contribution in [0.25, 0.3) is 10.9 Å². The van der Waals surface area contributed by atoms with Gasteiger partial charge in [-0.2, -0.15) is 0 Å². The number of hydrogen-bond acceptors (Lipinski definition) is 5. The van der Waals surface area contributed by atoms with Crippen molar-refractivity contribution in [2.75, 3.05) is 10.0 Å². The first-order valence-corrected chi connectivity index (χ1v) is 10.2. The van der Waals surface area contributed by atoms with Crippen molar-refractivity contribution >= 4 is 38.5 Å². The smallest absolute Gasteiger partial charge is 0.272 e. The minimum Gasteiger partial charge on any atom is -0.340 e. The van der Waals surface area contributed by atoms with E-state index in [1.54, 1.807) is 6.07 Å². The Kier molecular flexibility index (Phi) is 4.73. The minimum absolute atomic E-state index is 0.0133. The molecule has 146 valence electrons. The van der Waals surface area contributed by atoms with E-state index in [0.29, 0.717) is 11.4 Å². The van der Waals surface area contributed by atoms with Crippen LogP contribution in [0.2, 0.25) is 0 Å². The van der Waals surface area contributed by atoms with E-state index >= 15 is 0 Å². The van der Waals surface area contributed by atoms with Crippen LogP contribution in [0, 0.1) is 0 Å². The Balaban J connectivity index is 1.52. The molecule has 0 atom stereocenters. The molecule has 0 saturated carbocycles. The average molecular weight is 407 g/mol. The Morgan fingerprint density at radius 2 is 1.66 bits per heavy atom. The van der Waals surface area contributed by atoms with E-state index in [4.69, 9.17) is 0 Å². The number of hydrogen-bond donors (Lipinski definition) is 2. The lowest BCUT2D eigenvalue weighted by Crippen LogP contribution is -2.16. The molecule has 0 aliphatic rings. The number of rotatable bonds is 5. The monoisotopic (exact) mass is 407 g/mol. The molecule has 0 aliphatic carbocycles. The summed E-state index contributed by atoms with van der Waals surface area (Å²) in [5.41, 5.74) is 1.94. The van der Waals surface area contributed by atoms with Crippen molar-refractivity contribution < 1.29 is 13.2 Å². The van der Waals surface area contributed by atoms with Crippen LogP contribution in [0.1, 0.15) is 10.5 Å². The predicted octanol–water partition coefficient (Wildman–Crippen LogP) is 3.02. The Bertz CT molecular complexity index is 1280. The number of nitrogens with zero attached hydrogens (tertiary/aromatic N) is 3. The lowest BCUT2D eigenvalue weighted by molar-refractivity contribution is 0.101. The fourth-order valence-corrected chi connectivity index (χ4v) is 3.91. The summed E-state index contributed by atoms with van der Waals surface area (Å²) >= 11 is 0. The number of carbonyl (C=O) groups is 1. The molecule has 9 heteroatoms. The van der Waals surface area contributed by atoms with Crippen molar-refractivity contribution in [2.24, 2.45) is 7.05 Å². The van der Waals surface area contributed by atoms with Gasteiger partial charge in [-0.25, -0.2) is 23.1 Å². The zero-order chi connectivity index (χ0) is 20.4. The number of aryl methyl sites for hydroxylation is 1. The van der Waals surface area contributed by atoms with Crippen LogP contribution in [0.5, 0.6) is 0 Å². The van der Waals surface area contributed by atoms with Gasteiger partial charge in [0.15, 0.2) is 0 Å². The molecule has 0 spiro atoms. The highest BCUT2D eigenvalue weighted by Crippen LogP contribution is 2.20. The van der Waals surface area contributed by atoms with Crippen molar-refractivity contribution in [3.8, 4) is 0 Å². The van der Waals surface area contributed by atoms with Crippen LogP contribution in [0.15, 0.2) is 78.0 Å². The van der Waals surface area contributed by atoms with Gasteiger partial charge in [0.25, 0.3) is 15.9 Å². The first kappa shape index (κ1) is 18.6. The van der Waals surface area contributed by atoms with Crippen LogP contribution >= 0.6 is 0 Å². The van der Waals surface area contributed by atoms with Gasteiger partial charge in [-0.15, -0.1) is 0 Å². The van der Waals surface area contributed by atoms with Gasteiger partial charge in [0, 0.05) is 36.0 Å². The number of amides is 1. The number of anilines is 2. The summed E-state index contributed by atoms with van der Waals surface area (Å²) < 4.78 is 29.0. The number of carbonyl (C=O) groups excluding carboxylic acids is 1. The Labute approximate surface area is 167 Å². The molecule has 4 rings (SSSR count). The normalized spacial score (nSPS) is 11.3. The molecule has 0 bridgehead atoms. The maximum atomic E-state index is 12.6. The van der Waals surface area contributed by atoms with Gasteiger partial charge in [0.1, 0.15) is 5.69 Å². The molecule has 0 aliphatic heterocycles. The molecule has 0 unspecified atom stereocenters. The van der Waals surface area contributed by atoms with E-state index in [2.05, 4.69) is 20.0 Å². The van der Waals surface area contributed by atoms with Gasteiger partial charge in [-0.05, 0) is 42.5 Å². The highest BCUT2D eigenvalue weighted by molar-refractivity contribution is 7.92. The minimum atomic E-state index is -3.83. The molecule has 2 heterocycles. The molecule has 2 aromatic heterocycles. The molecular formula is C20H17N5O3S. The van der Waals surface area contributed by atoms with Crippen molar-refractivity contribution in [3.05, 3.63) is 78.8 Å². The van der Waals surface area contributed by atoms with E-state index in [9.17, 15) is 13.2 Å². The van der Waals surface area contributed by atoms with Gasteiger partial charge in [0.05, 0.1) is 4.90 Å². The summed E-state index contributed by atoms with van der Waals surface area (Å²) in [7, 11) is -2.00. The van der Waals surface area contributed by atoms with Gasteiger partial charge in [-0.1, -0.05) is 18.2 Å². The van der Waals surface area contributed by atoms with E-state index < -0.39 is 10.0 Å². The average Bonchev–Trinajstić information content (AvgIpc) is 3.06. The molecule has 2 aromatic carbocycles. The zero-order valence-corrected chi connectivity index (χ0v) is 16.2. The second kappa shape index (κ2) is 7.36. The van der Waals surface area contributed by atoms with Gasteiger partial charge >= 0.3 is 0 Å². The van der Waals surface area contributed by atoms with E-state index in [0.717, 1.165) is 10.9 Å². The quantitative estimate of drug-likeness (QED) is 0.529. The van der Waals surface area contributed by atoms with Crippen molar-refractivity contribution in [1.82, 2.24) is 14.5 Å². The maximum Gasteiger partial charge on any atom is 0.272 e. The summed E-state index contributed by atoms with van der Waals surface area (Å²) in [5, 5.41) is 3.76. The molecule has 1 amide bonds. The zero-order valence-electron chi connectivity index (χ0n) is 15.4. The fourth-order valence-electron chi connectivity index (χ4n) is 2.95. The van der Waals surface area contributed by atoms with Gasteiger partial charge in [0.2, 0.25) is 5.95 Å². The van der Waals surface area contributed by atoms with Crippen LogP contribution in [-0.2, 0) is 17.1 Å². The standard InChI is InChI=1S/C20H17N5O3S/c1-25-17-6-3-2-5-14(17)13-18(25)19(26)23-15-7-9-16(10-8-15)29(27,28)24-20-21-11-4-12-22-20/h2-13H,1H3,(H,23,26)(H,21,22,24). The van der Waals surface area contributed by atoms with Crippen molar-refractivity contribution in [3.63, 3.8) is 0 Å². The maximum absolute atomic E-state index is 12.6. The van der Waals surface area contributed by atoms with Gasteiger partial charge in [-0.3, -0.25) is 4.79 Å².